The number of nitrogens with zero attached hydrogens (tertiary/aromatic N) is 2. The number of H-pyrrole nitrogens is 1. The molecule has 1 aromatic heterocycles. The maximum Gasteiger partial charge on any atom is 0.305 e. The quantitative estimate of drug-likeness (QED) is 0.733. The van der Waals surface area contributed by atoms with Crippen LogP contribution in [-0.2, 0) is 16.0 Å². The number of amides is 1. The zero-order chi connectivity index (χ0) is 15.3. The normalized spacial score (nSPS) is 17.4. The molecule has 0 bridgehead atoms. The third kappa shape index (κ3) is 4.54. The Balaban J connectivity index is 1.89. The number of rotatable bonds is 6. The van der Waals surface area contributed by atoms with Gasteiger partial charge in [0.1, 0.15) is 5.82 Å². The molecule has 21 heavy (non-hydrogen) atoms. The van der Waals surface area contributed by atoms with Gasteiger partial charge in [-0.15, -0.1) is 0 Å². The van der Waals surface area contributed by atoms with Crippen LogP contribution in [0.3, 0.4) is 0 Å². The SMILES string of the molecule is Cc1nc(CCC(=O)NC2(CC(=O)O)CCCCC2)n[nH]1. The molecule has 1 aromatic rings. The fourth-order valence-corrected chi connectivity index (χ4v) is 2.95. The summed E-state index contributed by atoms with van der Waals surface area (Å²) in [6.07, 6.45) is 5.25. The Bertz CT molecular complexity index is 506. The third-order valence-electron chi connectivity index (χ3n) is 3.92. The molecule has 1 heterocycles. The van der Waals surface area contributed by atoms with Crippen LogP contribution in [-0.4, -0.2) is 37.7 Å². The Labute approximate surface area is 123 Å². The van der Waals surface area contributed by atoms with Crippen LogP contribution in [0.2, 0.25) is 0 Å². The van der Waals surface area contributed by atoms with E-state index in [1.54, 1.807) is 6.92 Å². The lowest BCUT2D eigenvalue weighted by atomic mass is 9.79. The van der Waals surface area contributed by atoms with Gasteiger partial charge >= 0.3 is 5.97 Å². The molecular weight excluding hydrogens is 272 g/mol. The molecule has 0 unspecified atom stereocenters. The Hall–Kier alpha value is -1.92. The summed E-state index contributed by atoms with van der Waals surface area (Å²) < 4.78 is 0. The van der Waals surface area contributed by atoms with Crippen molar-refractivity contribution in [2.24, 2.45) is 0 Å². The van der Waals surface area contributed by atoms with E-state index in [0.717, 1.165) is 37.9 Å². The summed E-state index contributed by atoms with van der Waals surface area (Å²) in [4.78, 5) is 27.3. The highest BCUT2D eigenvalue weighted by Gasteiger charge is 2.35. The Kier molecular flexibility index (Phi) is 4.93. The van der Waals surface area contributed by atoms with Gasteiger partial charge in [-0.1, -0.05) is 19.3 Å². The van der Waals surface area contributed by atoms with E-state index in [1.165, 1.54) is 0 Å². The zero-order valence-corrected chi connectivity index (χ0v) is 12.3. The average molecular weight is 294 g/mol. The molecule has 7 heteroatoms. The Morgan fingerprint density at radius 3 is 2.62 bits per heavy atom. The number of carboxylic acid groups (broad SMARTS) is 1. The minimum atomic E-state index is -0.859. The van der Waals surface area contributed by atoms with Crippen LogP contribution in [0.25, 0.3) is 0 Å². The van der Waals surface area contributed by atoms with Gasteiger partial charge < -0.3 is 10.4 Å². The number of hydrogen-bond acceptors (Lipinski definition) is 4. The van der Waals surface area contributed by atoms with Gasteiger partial charge in [0, 0.05) is 12.8 Å². The summed E-state index contributed by atoms with van der Waals surface area (Å²) in [5, 5.41) is 18.8. The van der Waals surface area contributed by atoms with Gasteiger partial charge in [0.05, 0.1) is 12.0 Å². The molecule has 0 saturated heterocycles. The van der Waals surface area contributed by atoms with Crippen LogP contribution in [0.5, 0.6) is 0 Å². The van der Waals surface area contributed by atoms with Gasteiger partial charge in [-0.05, 0) is 19.8 Å². The molecule has 1 aliphatic carbocycles. The molecule has 1 fully saturated rings. The summed E-state index contributed by atoms with van der Waals surface area (Å²) in [5.41, 5.74) is -0.573. The van der Waals surface area contributed by atoms with Crippen molar-refractivity contribution < 1.29 is 14.7 Å². The van der Waals surface area contributed by atoms with E-state index in [1.807, 2.05) is 0 Å². The molecule has 1 aliphatic rings. The van der Waals surface area contributed by atoms with E-state index < -0.39 is 11.5 Å². The summed E-state index contributed by atoms with van der Waals surface area (Å²) in [7, 11) is 0. The Morgan fingerprint density at radius 2 is 2.05 bits per heavy atom. The number of hydrogen-bond donors (Lipinski definition) is 3. The van der Waals surface area contributed by atoms with E-state index in [2.05, 4.69) is 20.5 Å². The van der Waals surface area contributed by atoms with E-state index in [0.29, 0.717) is 12.2 Å². The molecular formula is C14H22N4O3. The number of aromatic amines is 1. The second-order valence-corrected chi connectivity index (χ2v) is 5.80. The molecule has 0 aliphatic heterocycles. The first-order chi connectivity index (χ1) is 9.99. The molecule has 3 N–H and O–H groups in total. The van der Waals surface area contributed by atoms with E-state index in [-0.39, 0.29) is 18.7 Å². The summed E-state index contributed by atoms with van der Waals surface area (Å²) in [5.74, 6) is 0.348. The smallest absolute Gasteiger partial charge is 0.305 e. The second-order valence-electron chi connectivity index (χ2n) is 5.80. The molecule has 0 aromatic carbocycles. The number of aryl methyl sites for hydroxylation is 2. The van der Waals surface area contributed by atoms with Crippen LogP contribution in [0, 0.1) is 6.92 Å². The van der Waals surface area contributed by atoms with Crippen molar-refractivity contribution >= 4 is 11.9 Å². The topological polar surface area (TPSA) is 108 Å². The monoisotopic (exact) mass is 294 g/mol. The van der Waals surface area contributed by atoms with Crippen LogP contribution in [0.4, 0.5) is 0 Å². The first-order valence-corrected chi connectivity index (χ1v) is 7.40. The van der Waals surface area contributed by atoms with Crippen LogP contribution < -0.4 is 5.32 Å². The van der Waals surface area contributed by atoms with Crippen LogP contribution >= 0.6 is 0 Å². The minimum absolute atomic E-state index is 0.00149. The number of nitrogens with one attached hydrogen (secondary N) is 2. The van der Waals surface area contributed by atoms with Crippen molar-refractivity contribution in [1.29, 1.82) is 0 Å². The van der Waals surface area contributed by atoms with Crippen molar-refractivity contribution in [3.8, 4) is 0 Å². The fraction of sp³-hybridized carbons (Fsp3) is 0.714. The second kappa shape index (κ2) is 6.69. The summed E-state index contributed by atoms with van der Waals surface area (Å²) >= 11 is 0. The molecule has 0 spiro atoms. The highest BCUT2D eigenvalue weighted by atomic mass is 16.4. The maximum absolute atomic E-state index is 12.1. The molecule has 1 saturated carbocycles. The largest absolute Gasteiger partial charge is 0.481 e. The highest BCUT2D eigenvalue weighted by Crippen LogP contribution is 2.31. The van der Waals surface area contributed by atoms with E-state index in [4.69, 9.17) is 5.11 Å². The summed E-state index contributed by atoms with van der Waals surface area (Å²) in [6.45, 7) is 1.81. The van der Waals surface area contributed by atoms with Crippen LogP contribution in [0.15, 0.2) is 0 Å². The van der Waals surface area contributed by atoms with Gasteiger partial charge in [0.15, 0.2) is 5.82 Å². The zero-order valence-electron chi connectivity index (χ0n) is 12.3. The first kappa shape index (κ1) is 15.5. The van der Waals surface area contributed by atoms with Crippen molar-refractivity contribution in [3.05, 3.63) is 11.6 Å². The minimum Gasteiger partial charge on any atom is -0.481 e. The number of carbonyl (C=O) groups excluding carboxylic acids is 1. The van der Waals surface area contributed by atoms with Gasteiger partial charge in [-0.25, -0.2) is 4.98 Å². The Morgan fingerprint density at radius 1 is 1.33 bits per heavy atom. The predicted octanol–water partition coefficient (Wildman–Crippen LogP) is 1.34. The average Bonchev–Trinajstić information content (AvgIpc) is 2.82. The molecule has 0 radical (unpaired) electrons. The lowest BCUT2D eigenvalue weighted by molar-refractivity contribution is -0.139. The number of aliphatic carboxylic acids is 1. The lowest BCUT2D eigenvalue weighted by Gasteiger charge is -2.37. The van der Waals surface area contributed by atoms with E-state index >= 15 is 0 Å². The van der Waals surface area contributed by atoms with Gasteiger partial charge in [-0.2, -0.15) is 5.10 Å². The third-order valence-corrected chi connectivity index (χ3v) is 3.92. The molecule has 0 atom stereocenters. The number of aromatic nitrogens is 3. The van der Waals surface area contributed by atoms with Crippen molar-refractivity contribution in [1.82, 2.24) is 20.5 Å². The number of carboxylic acids is 1. The lowest BCUT2D eigenvalue weighted by Crippen LogP contribution is -2.51. The predicted molar refractivity (Wildman–Crippen MR) is 75.7 cm³/mol. The molecule has 2 rings (SSSR count). The first-order valence-electron chi connectivity index (χ1n) is 7.40. The molecule has 7 nitrogen and oxygen atoms in total. The molecule has 1 amide bonds. The standard InChI is InChI=1S/C14H22N4O3/c1-10-15-11(18-17-10)5-6-12(19)16-14(9-13(20)21)7-3-2-4-8-14/h2-9H2,1H3,(H,16,19)(H,20,21)(H,15,17,18). The van der Waals surface area contributed by atoms with Gasteiger partial charge in [0.2, 0.25) is 5.91 Å². The number of carbonyl (C=O) groups is 2. The van der Waals surface area contributed by atoms with Crippen molar-refractivity contribution in [3.63, 3.8) is 0 Å². The van der Waals surface area contributed by atoms with Crippen molar-refractivity contribution in [2.45, 2.75) is 63.8 Å². The van der Waals surface area contributed by atoms with Crippen molar-refractivity contribution in [2.75, 3.05) is 0 Å². The molecule has 116 valence electrons. The van der Waals surface area contributed by atoms with Gasteiger partial charge in [-0.3, -0.25) is 14.7 Å². The van der Waals surface area contributed by atoms with Gasteiger partial charge in [0.25, 0.3) is 0 Å². The summed E-state index contributed by atoms with van der Waals surface area (Å²) in [6, 6.07) is 0. The highest BCUT2D eigenvalue weighted by molar-refractivity contribution is 5.78. The maximum atomic E-state index is 12.1. The van der Waals surface area contributed by atoms with E-state index in [9.17, 15) is 9.59 Å². The fourth-order valence-electron chi connectivity index (χ4n) is 2.95. The van der Waals surface area contributed by atoms with Crippen LogP contribution in [0.1, 0.15) is 56.6 Å².